The molecule has 1 rings (SSSR count). The molecular formula is C48H90O12. The van der Waals surface area contributed by atoms with E-state index in [0.29, 0.717) is 12.8 Å². The monoisotopic (exact) mass is 859 g/mol. The van der Waals surface area contributed by atoms with Crippen molar-refractivity contribution >= 4 is 5.97 Å². The van der Waals surface area contributed by atoms with E-state index in [4.69, 9.17) is 23.7 Å². The van der Waals surface area contributed by atoms with Gasteiger partial charge in [0.15, 0.2) is 12.6 Å². The van der Waals surface area contributed by atoms with E-state index in [1.165, 1.54) is 77.0 Å². The molecule has 6 N–H and O–H groups in total. The van der Waals surface area contributed by atoms with Crippen molar-refractivity contribution in [2.24, 2.45) is 0 Å². The Morgan fingerprint density at radius 3 is 1.55 bits per heavy atom. The van der Waals surface area contributed by atoms with E-state index >= 15 is 0 Å². The summed E-state index contributed by atoms with van der Waals surface area (Å²) in [6, 6.07) is 0. The minimum atomic E-state index is -1.50. The van der Waals surface area contributed by atoms with Gasteiger partial charge < -0.3 is 54.3 Å². The van der Waals surface area contributed by atoms with Gasteiger partial charge in [-0.25, -0.2) is 0 Å². The first kappa shape index (κ1) is 56.6. The molecule has 1 aliphatic rings. The summed E-state index contributed by atoms with van der Waals surface area (Å²) in [6.45, 7) is 2.88. The number of unbranched alkanes of at least 4 members (excludes halogenated alkanes) is 22. The number of ether oxygens (including phenoxy) is 5. The van der Waals surface area contributed by atoms with Crippen LogP contribution < -0.4 is 0 Å². The number of allylic oxidation sites excluding steroid dienone is 4. The van der Waals surface area contributed by atoms with Crippen LogP contribution in [0.2, 0.25) is 0 Å². The fourth-order valence-corrected chi connectivity index (χ4v) is 7.22. The van der Waals surface area contributed by atoms with E-state index in [2.05, 4.69) is 38.2 Å². The highest BCUT2D eigenvalue weighted by Crippen LogP contribution is 2.25. The predicted octanol–water partition coefficient (Wildman–Crippen LogP) is 8.50. The smallest absolute Gasteiger partial charge is 0.306 e. The molecule has 12 heteroatoms. The Kier molecular flexibility index (Phi) is 38.0. The molecule has 0 aliphatic carbocycles. The Hall–Kier alpha value is -1.45. The summed E-state index contributed by atoms with van der Waals surface area (Å²) in [7, 11) is 0. The molecule has 354 valence electrons. The molecule has 3 unspecified atom stereocenters. The molecule has 0 bridgehead atoms. The lowest BCUT2D eigenvalue weighted by Crippen LogP contribution is -2.40. The van der Waals surface area contributed by atoms with Gasteiger partial charge in [-0.2, -0.15) is 0 Å². The lowest BCUT2D eigenvalue weighted by atomic mass is 10.1. The van der Waals surface area contributed by atoms with Gasteiger partial charge in [0.25, 0.3) is 0 Å². The van der Waals surface area contributed by atoms with Crippen LogP contribution in [0.5, 0.6) is 0 Å². The third-order valence-corrected chi connectivity index (χ3v) is 11.1. The van der Waals surface area contributed by atoms with Crippen LogP contribution >= 0.6 is 0 Å². The average molecular weight is 859 g/mol. The fraction of sp³-hybridized carbons (Fsp3) is 0.896. The second-order valence-electron chi connectivity index (χ2n) is 16.8. The van der Waals surface area contributed by atoms with Crippen LogP contribution in [0.1, 0.15) is 194 Å². The van der Waals surface area contributed by atoms with E-state index in [9.17, 15) is 35.4 Å². The third kappa shape index (κ3) is 30.6. The highest BCUT2D eigenvalue weighted by atomic mass is 16.7. The molecule has 60 heavy (non-hydrogen) atoms. The van der Waals surface area contributed by atoms with Crippen molar-refractivity contribution < 1.29 is 59.1 Å². The van der Waals surface area contributed by atoms with Gasteiger partial charge in [-0.1, -0.05) is 141 Å². The standard InChI is InChI=1S/C48H90O12/c1-3-5-7-9-11-13-15-17-19-21-23-25-27-29-31-33-43(53)59-41(39-58-48-46(55)45(54)47(60-48)42(52)36-50)38-57-44(56-37-40(51)35-49)34-32-30-28-26-24-22-20-18-16-14-12-10-8-6-4-2/h17-20,40-42,44-52,54-55H,3-16,21-39H2,1-2H3/b19-17-,20-18-/t40?,41?,42-,44?,45-,46-,47+,48-/m1/s1. The van der Waals surface area contributed by atoms with Gasteiger partial charge in [0.1, 0.15) is 36.6 Å². The lowest BCUT2D eigenvalue weighted by molar-refractivity contribution is -0.214. The van der Waals surface area contributed by atoms with Crippen LogP contribution in [0.15, 0.2) is 24.3 Å². The van der Waals surface area contributed by atoms with Crippen molar-refractivity contribution in [1.82, 2.24) is 0 Å². The molecule has 0 amide bonds. The Balaban J connectivity index is 2.57. The topological polar surface area (TPSA) is 185 Å². The summed E-state index contributed by atoms with van der Waals surface area (Å²) >= 11 is 0. The summed E-state index contributed by atoms with van der Waals surface area (Å²) < 4.78 is 28.9. The normalized spacial score (nSPS) is 20.3. The van der Waals surface area contributed by atoms with Gasteiger partial charge >= 0.3 is 5.97 Å². The number of aliphatic hydroxyl groups excluding tert-OH is 6. The number of carbonyl (C=O) groups is 1. The van der Waals surface area contributed by atoms with E-state index in [0.717, 1.165) is 83.5 Å². The molecule has 0 aromatic rings. The number of aliphatic hydroxyl groups is 6. The number of carbonyl (C=O) groups excluding carboxylic acids is 1. The van der Waals surface area contributed by atoms with Crippen molar-refractivity contribution in [3.8, 4) is 0 Å². The minimum absolute atomic E-state index is 0.114. The highest BCUT2D eigenvalue weighted by Gasteiger charge is 2.46. The maximum Gasteiger partial charge on any atom is 0.306 e. The minimum Gasteiger partial charge on any atom is -0.457 e. The largest absolute Gasteiger partial charge is 0.457 e. The predicted molar refractivity (Wildman–Crippen MR) is 237 cm³/mol. The van der Waals surface area contributed by atoms with Gasteiger partial charge in [0.2, 0.25) is 0 Å². The zero-order chi connectivity index (χ0) is 43.9. The van der Waals surface area contributed by atoms with Crippen LogP contribution in [-0.4, -0.2) is 119 Å². The van der Waals surface area contributed by atoms with Crippen molar-refractivity contribution in [2.45, 2.75) is 243 Å². The average Bonchev–Trinajstić information content (AvgIpc) is 3.54. The van der Waals surface area contributed by atoms with Crippen LogP contribution in [0, 0.1) is 0 Å². The molecule has 1 heterocycles. The lowest BCUT2D eigenvalue weighted by Gasteiger charge is -2.25. The molecule has 8 atom stereocenters. The molecule has 0 radical (unpaired) electrons. The van der Waals surface area contributed by atoms with E-state index < -0.39 is 68.4 Å². The fourth-order valence-electron chi connectivity index (χ4n) is 7.22. The molecule has 12 nitrogen and oxygen atoms in total. The maximum absolute atomic E-state index is 13.0. The van der Waals surface area contributed by atoms with Crippen molar-refractivity contribution in [3.63, 3.8) is 0 Å². The molecule has 1 saturated heterocycles. The summed E-state index contributed by atoms with van der Waals surface area (Å²) in [4.78, 5) is 13.0. The van der Waals surface area contributed by atoms with Crippen LogP contribution in [-0.2, 0) is 28.5 Å². The summed E-state index contributed by atoms with van der Waals surface area (Å²) in [5.41, 5.74) is 0. The molecular weight excluding hydrogens is 769 g/mol. The van der Waals surface area contributed by atoms with Crippen molar-refractivity contribution in [2.75, 3.05) is 33.0 Å². The number of rotatable bonds is 43. The second kappa shape index (κ2) is 40.3. The Morgan fingerprint density at radius 1 is 0.583 bits per heavy atom. The second-order valence-corrected chi connectivity index (χ2v) is 16.8. The first-order valence-electron chi connectivity index (χ1n) is 24.2. The SMILES string of the molecule is CCCCCCCC/C=C\CCCCCCCC(=O)OC(COC(CCCCCCC/C=C\CCCCCCCC)OCC(O)CO)CO[C@@H]1O[C@@H]([C@H](O)CO)[C@H](O)[C@H]1O. The zero-order valence-corrected chi connectivity index (χ0v) is 37.9. The zero-order valence-electron chi connectivity index (χ0n) is 37.9. The van der Waals surface area contributed by atoms with Gasteiger partial charge in [-0.15, -0.1) is 0 Å². The molecule has 0 saturated carbocycles. The van der Waals surface area contributed by atoms with Gasteiger partial charge in [0, 0.05) is 6.42 Å². The van der Waals surface area contributed by atoms with Crippen LogP contribution in [0.4, 0.5) is 0 Å². The Morgan fingerprint density at radius 2 is 1.05 bits per heavy atom. The highest BCUT2D eigenvalue weighted by molar-refractivity contribution is 5.69. The Labute approximate surface area is 364 Å². The third-order valence-electron chi connectivity index (χ3n) is 11.1. The van der Waals surface area contributed by atoms with Gasteiger partial charge in [0.05, 0.1) is 33.0 Å². The molecule has 1 aliphatic heterocycles. The van der Waals surface area contributed by atoms with E-state index in [1.807, 2.05) is 0 Å². The van der Waals surface area contributed by atoms with Gasteiger partial charge in [-0.05, 0) is 70.6 Å². The summed E-state index contributed by atoms with van der Waals surface area (Å²) in [5.74, 6) is -0.420. The molecule has 0 aromatic heterocycles. The molecule has 0 spiro atoms. The van der Waals surface area contributed by atoms with E-state index in [1.54, 1.807) is 0 Å². The Bertz CT molecular complexity index is 1010. The summed E-state index contributed by atoms with van der Waals surface area (Å²) in [5, 5.41) is 59.4. The molecule has 1 fully saturated rings. The first-order chi connectivity index (χ1) is 29.3. The number of hydrogen-bond donors (Lipinski definition) is 6. The van der Waals surface area contributed by atoms with Gasteiger partial charge in [-0.3, -0.25) is 4.79 Å². The van der Waals surface area contributed by atoms with Crippen LogP contribution in [0.25, 0.3) is 0 Å². The summed E-state index contributed by atoms with van der Waals surface area (Å²) in [6.07, 6.45) is 30.5. The van der Waals surface area contributed by atoms with E-state index in [-0.39, 0.29) is 26.2 Å². The van der Waals surface area contributed by atoms with Crippen LogP contribution in [0.3, 0.4) is 0 Å². The molecule has 0 aromatic carbocycles. The van der Waals surface area contributed by atoms with Crippen molar-refractivity contribution in [1.29, 1.82) is 0 Å². The first-order valence-corrected chi connectivity index (χ1v) is 24.2. The van der Waals surface area contributed by atoms with Crippen molar-refractivity contribution in [3.05, 3.63) is 24.3 Å². The maximum atomic E-state index is 13.0. The number of esters is 1. The number of hydrogen-bond acceptors (Lipinski definition) is 12. The quantitative estimate of drug-likeness (QED) is 0.0149.